The Morgan fingerprint density at radius 2 is 1.93 bits per heavy atom. The third-order valence-electron chi connectivity index (χ3n) is 4.11. The molecule has 2 aliphatic rings. The van der Waals surface area contributed by atoms with E-state index in [-0.39, 0.29) is 11.4 Å². The summed E-state index contributed by atoms with van der Waals surface area (Å²) >= 11 is 1.37. The van der Waals surface area contributed by atoms with E-state index in [9.17, 15) is 24.3 Å². The van der Waals surface area contributed by atoms with Crippen molar-refractivity contribution < 1.29 is 29.4 Å². The van der Waals surface area contributed by atoms with Crippen LogP contribution in [0.1, 0.15) is 11.6 Å². The number of nitrogens with zero attached hydrogens (tertiary/aromatic N) is 2. The highest BCUT2D eigenvalue weighted by molar-refractivity contribution is 8.00. The molecule has 2 unspecified atom stereocenters. The summed E-state index contributed by atoms with van der Waals surface area (Å²) in [5.41, 5.74) is 6.31. The van der Waals surface area contributed by atoms with Gasteiger partial charge in [0.2, 0.25) is 12.3 Å². The number of hydrogen-bond acceptors (Lipinski definition) is 7. The summed E-state index contributed by atoms with van der Waals surface area (Å²) < 4.78 is 0. The number of hydrogen-bond donors (Lipinski definition) is 4. The Labute approximate surface area is 171 Å². The summed E-state index contributed by atoms with van der Waals surface area (Å²) in [6, 6.07) is 4.09. The predicted molar refractivity (Wildman–Crippen MR) is 106 cm³/mol. The number of aliphatic carboxylic acids is 1. The number of nitrogens with two attached hydrogens (primary N) is 1. The fourth-order valence-electron chi connectivity index (χ4n) is 2.61. The molecule has 29 heavy (non-hydrogen) atoms. The summed E-state index contributed by atoms with van der Waals surface area (Å²) in [5.74, 6) is -1.66. The van der Waals surface area contributed by atoms with Gasteiger partial charge in [-0.2, -0.15) is 0 Å². The summed E-state index contributed by atoms with van der Waals surface area (Å²) in [5, 5.41) is 20.5. The van der Waals surface area contributed by atoms with Gasteiger partial charge in [0, 0.05) is 19.8 Å². The minimum atomic E-state index is -1.17. The number of fused-ring (bicyclic) bond motifs is 1. The van der Waals surface area contributed by atoms with Crippen LogP contribution in [0.3, 0.4) is 0 Å². The standard InChI is InChI=1S/C15H15N3O5S.C3H7NO/c16-10(7-1-3-8(19)4-2-7)12(20)17-11-13(21)18-9(15(22)23)5-6-24-14(11)18;1-4(2)3-5/h1-5,10-11,14,19H,6,16H2,(H,17,20)(H,22,23);3H,1-2H3/t10?,11?,14-;/m0./s1. The molecule has 2 heterocycles. The average Bonchev–Trinajstić information content (AvgIpc) is 2.71. The number of phenols is 1. The second-order valence-electron chi connectivity index (χ2n) is 6.45. The van der Waals surface area contributed by atoms with Crippen LogP contribution in [-0.2, 0) is 19.2 Å². The first-order chi connectivity index (χ1) is 13.7. The van der Waals surface area contributed by atoms with E-state index in [1.807, 2.05) is 0 Å². The maximum absolute atomic E-state index is 12.3. The maximum atomic E-state index is 12.3. The summed E-state index contributed by atoms with van der Waals surface area (Å²) in [7, 11) is 3.38. The van der Waals surface area contributed by atoms with Gasteiger partial charge < -0.3 is 26.2 Å². The molecule has 0 aliphatic carbocycles. The van der Waals surface area contributed by atoms with Gasteiger partial charge in [-0.1, -0.05) is 12.1 Å². The van der Waals surface area contributed by atoms with E-state index in [2.05, 4.69) is 5.32 Å². The van der Waals surface area contributed by atoms with Gasteiger partial charge in [-0.25, -0.2) is 4.79 Å². The third kappa shape index (κ3) is 5.06. The lowest BCUT2D eigenvalue weighted by Crippen LogP contribution is -2.70. The fraction of sp³-hybridized carbons (Fsp3) is 0.333. The fourth-order valence-corrected chi connectivity index (χ4v) is 3.81. The third-order valence-corrected chi connectivity index (χ3v) is 5.29. The zero-order chi connectivity index (χ0) is 21.7. The number of nitrogens with one attached hydrogen (secondary N) is 1. The molecule has 0 saturated carbocycles. The second-order valence-corrected chi connectivity index (χ2v) is 7.60. The number of β-lactam (4-membered cyclic amide) rings is 1. The van der Waals surface area contributed by atoms with Crippen molar-refractivity contribution in [2.45, 2.75) is 17.5 Å². The Hall–Kier alpha value is -3.05. The molecular formula is C18H22N4O6S. The molecule has 1 saturated heterocycles. The van der Waals surface area contributed by atoms with Crippen LogP contribution in [-0.4, -0.2) is 75.5 Å². The quantitative estimate of drug-likeness (QED) is 0.365. The summed E-state index contributed by atoms with van der Waals surface area (Å²) in [6.45, 7) is 0. The van der Waals surface area contributed by atoms with Gasteiger partial charge in [0.1, 0.15) is 28.9 Å². The number of rotatable bonds is 5. The van der Waals surface area contributed by atoms with Gasteiger partial charge >= 0.3 is 5.97 Å². The van der Waals surface area contributed by atoms with Gasteiger partial charge in [0.15, 0.2) is 0 Å². The van der Waals surface area contributed by atoms with E-state index in [0.717, 1.165) is 6.41 Å². The molecular weight excluding hydrogens is 400 g/mol. The number of carboxylic acid groups (broad SMARTS) is 1. The zero-order valence-corrected chi connectivity index (χ0v) is 16.6. The number of amides is 3. The van der Waals surface area contributed by atoms with Crippen LogP contribution in [0.4, 0.5) is 0 Å². The highest BCUT2D eigenvalue weighted by Crippen LogP contribution is 2.37. The Morgan fingerprint density at radius 1 is 1.34 bits per heavy atom. The molecule has 1 aromatic carbocycles. The first-order valence-corrected chi connectivity index (χ1v) is 9.57. The molecule has 0 spiro atoms. The van der Waals surface area contributed by atoms with Crippen molar-refractivity contribution in [3.63, 3.8) is 0 Å². The van der Waals surface area contributed by atoms with E-state index < -0.39 is 35.2 Å². The molecule has 0 bridgehead atoms. The molecule has 3 atom stereocenters. The van der Waals surface area contributed by atoms with Crippen molar-refractivity contribution >= 4 is 36.0 Å². The van der Waals surface area contributed by atoms with E-state index in [0.29, 0.717) is 11.3 Å². The van der Waals surface area contributed by atoms with Crippen LogP contribution in [0.2, 0.25) is 0 Å². The highest BCUT2D eigenvalue weighted by atomic mass is 32.2. The second kappa shape index (κ2) is 9.43. The van der Waals surface area contributed by atoms with Gasteiger partial charge in [-0.15, -0.1) is 11.8 Å². The maximum Gasteiger partial charge on any atom is 0.352 e. The lowest BCUT2D eigenvalue weighted by atomic mass is 10.0. The minimum Gasteiger partial charge on any atom is -0.508 e. The van der Waals surface area contributed by atoms with Crippen LogP contribution in [0.5, 0.6) is 5.75 Å². The Balaban J connectivity index is 0.000000537. The minimum absolute atomic E-state index is 0.0581. The lowest BCUT2D eigenvalue weighted by Gasteiger charge is -2.48. The van der Waals surface area contributed by atoms with Crippen LogP contribution in [0, 0.1) is 0 Å². The van der Waals surface area contributed by atoms with Crippen molar-refractivity contribution in [2.75, 3.05) is 19.8 Å². The van der Waals surface area contributed by atoms with E-state index in [4.69, 9.17) is 10.8 Å². The van der Waals surface area contributed by atoms with Gasteiger partial charge in [0.05, 0.1) is 0 Å². The molecule has 0 aromatic heterocycles. The van der Waals surface area contributed by atoms with Crippen molar-refractivity contribution in [1.82, 2.24) is 15.1 Å². The number of thioether (sulfide) groups is 1. The van der Waals surface area contributed by atoms with Crippen molar-refractivity contribution in [3.05, 3.63) is 41.6 Å². The highest BCUT2D eigenvalue weighted by Gasteiger charge is 2.52. The van der Waals surface area contributed by atoms with Gasteiger partial charge in [-0.3, -0.25) is 19.3 Å². The number of phenolic OH excluding ortho intramolecular Hbond substituents is 1. The van der Waals surface area contributed by atoms with Crippen LogP contribution < -0.4 is 11.1 Å². The molecule has 2 aliphatic heterocycles. The molecule has 5 N–H and O–H groups in total. The number of carboxylic acids is 1. The summed E-state index contributed by atoms with van der Waals surface area (Å²) in [4.78, 5) is 47.6. The summed E-state index contributed by atoms with van der Waals surface area (Å²) in [6.07, 6.45) is 2.22. The predicted octanol–water partition coefficient (Wildman–Crippen LogP) is -0.535. The number of carbonyl (C=O) groups excluding carboxylic acids is 3. The molecule has 1 aromatic rings. The van der Waals surface area contributed by atoms with Gasteiger partial charge in [-0.05, 0) is 23.8 Å². The van der Waals surface area contributed by atoms with Crippen LogP contribution in [0.25, 0.3) is 0 Å². The Bertz CT molecular complexity index is 826. The van der Waals surface area contributed by atoms with E-state index in [1.165, 1.54) is 51.9 Å². The SMILES string of the molecule is CN(C)C=O.NC(C(=O)NC1C(=O)N2C(C(=O)O)=CCS[C@@H]12)c1ccc(O)cc1. The largest absolute Gasteiger partial charge is 0.508 e. The normalized spacial score (nSPS) is 20.7. The number of aromatic hydroxyl groups is 1. The Morgan fingerprint density at radius 3 is 2.45 bits per heavy atom. The van der Waals surface area contributed by atoms with Crippen molar-refractivity contribution in [2.24, 2.45) is 5.73 Å². The van der Waals surface area contributed by atoms with Gasteiger partial charge in [0.25, 0.3) is 5.91 Å². The average molecular weight is 422 g/mol. The number of benzene rings is 1. The molecule has 10 nitrogen and oxygen atoms in total. The van der Waals surface area contributed by atoms with E-state index in [1.54, 1.807) is 14.1 Å². The molecule has 1 fully saturated rings. The van der Waals surface area contributed by atoms with E-state index >= 15 is 0 Å². The van der Waals surface area contributed by atoms with Crippen molar-refractivity contribution in [1.29, 1.82) is 0 Å². The topological polar surface area (TPSA) is 153 Å². The smallest absolute Gasteiger partial charge is 0.352 e. The number of carbonyl (C=O) groups is 4. The van der Waals surface area contributed by atoms with Crippen LogP contribution in [0.15, 0.2) is 36.0 Å². The van der Waals surface area contributed by atoms with Crippen LogP contribution >= 0.6 is 11.8 Å². The monoisotopic (exact) mass is 422 g/mol. The molecule has 156 valence electrons. The first kappa shape index (κ1) is 22.2. The molecule has 3 amide bonds. The zero-order valence-electron chi connectivity index (χ0n) is 15.8. The van der Waals surface area contributed by atoms with Crippen molar-refractivity contribution in [3.8, 4) is 5.75 Å². The molecule has 3 rings (SSSR count). The lowest BCUT2D eigenvalue weighted by molar-refractivity contribution is -0.150. The first-order valence-electron chi connectivity index (χ1n) is 8.52. The molecule has 11 heteroatoms. The Kier molecular flexibility index (Phi) is 7.23. The molecule has 0 radical (unpaired) electrons.